The van der Waals surface area contributed by atoms with Crippen LogP contribution >= 0.6 is 0 Å². The van der Waals surface area contributed by atoms with Gasteiger partial charge in [0.2, 0.25) is 0 Å². The van der Waals surface area contributed by atoms with Crippen molar-refractivity contribution >= 4 is 85.6 Å². The summed E-state index contributed by atoms with van der Waals surface area (Å²) in [5.41, 5.74) is 0. The van der Waals surface area contributed by atoms with Crippen molar-refractivity contribution in [1.82, 2.24) is 0 Å². The van der Waals surface area contributed by atoms with Gasteiger partial charge in [0.25, 0.3) is 18.6 Å². The molecule has 0 saturated carbocycles. The van der Waals surface area contributed by atoms with E-state index in [1.807, 2.05) is 76.2 Å². The Bertz CT molecular complexity index is 1150. The molecule has 23 heteroatoms. The molecule has 10 unspecified atom stereocenters. The molecule has 5 rings (SSSR count). The van der Waals surface area contributed by atoms with Crippen LogP contribution in [0.25, 0.3) is 0 Å². The van der Waals surface area contributed by atoms with Gasteiger partial charge in [-0.05, 0) is 75.9 Å². The zero-order valence-electron chi connectivity index (χ0n) is 31.1. The molecule has 4 saturated heterocycles. The van der Waals surface area contributed by atoms with E-state index in [1.54, 1.807) is 0 Å². The van der Waals surface area contributed by atoms with Gasteiger partial charge in [-0.2, -0.15) is 0 Å². The molecular formula is C27H57O14Si9. The first kappa shape index (κ1) is 41.8. The van der Waals surface area contributed by atoms with Crippen molar-refractivity contribution in [3.8, 4) is 0 Å². The highest BCUT2D eigenvalue weighted by Gasteiger charge is 2.59. The molecule has 1 aromatic carbocycles. The molecule has 50 heavy (non-hydrogen) atoms. The summed E-state index contributed by atoms with van der Waals surface area (Å²) in [6, 6.07) is 11.5. The average molecular weight is 859 g/mol. The second kappa shape index (κ2) is 18.0. The molecule has 4 aliphatic heterocycles. The Morgan fingerprint density at radius 3 is 1.82 bits per heavy atom. The molecule has 4 fully saturated rings. The summed E-state index contributed by atoms with van der Waals surface area (Å²) in [5, 5.41) is 0.914. The second-order valence-electron chi connectivity index (χ2n) is 13.9. The molecule has 0 spiro atoms. The minimum atomic E-state index is -3.47. The molecule has 0 aromatic heterocycles. The van der Waals surface area contributed by atoms with Crippen molar-refractivity contribution in [2.75, 3.05) is 39.6 Å². The van der Waals surface area contributed by atoms with Gasteiger partial charge >= 0.3 is 61.9 Å². The van der Waals surface area contributed by atoms with Crippen LogP contribution in [0.5, 0.6) is 0 Å². The summed E-state index contributed by atoms with van der Waals surface area (Å²) in [4.78, 5) is 0. The minimum absolute atomic E-state index is 0.230. The smallest absolute Gasteiger partial charge is 0.420 e. The number of hydrogen-bond donors (Lipinski definition) is 0. The highest BCUT2D eigenvalue weighted by molar-refractivity contribution is 6.96. The lowest BCUT2D eigenvalue weighted by atomic mass is 10.4. The standard InChI is InChI=1S/C27H57O14Si9/c1-42-32-44(3)36-49(8,38-46(5,34-42)19-13-17-28-21-25-23-30-25)40-48(7,27-15-11-10-12-16-27)41-50(9)37-45(4)33-43(2)35-47(6,39-50)20-14-18-29-22-26-24-31-26/h10-12,15-16,25-26,42-44H,13-14,17-24H2,1-9H3. The normalized spacial score (nSPS) is 39.5. The van der Waals surface area contributed by atoms with Gasteiger partial charge in [0.1, 0.15) is 12.2 Å². The van der Waals surface area contributed by atoms with E-state index in [-0.39, 0.29) is 12.2 Å². The van der Waals surface area contributed by atoms with Gasteiger partial charge in [0, 0.05) is 26.3 Å². The summed E-state index contributed by atoms with van der Waals surface area (Å²) >= 11 is 0. The van der Waals surface area contributed by atoms with Crippen LogP contribution in [0.1, 0.15) is 12.8 Å². The van der Waals surface area contributed by atoms with Gasteiger partial charge in [-0.15, -0.1) is 0 Å². The number of epoxide rings is 2. The van der Waals surface area contributed by atoms with Gasteiger partial charge in [-0.25, -0.2) is 0 Å². The lowest BCUT2D eigenvalue weighted by Crippen LogP contribution is -2.70. The van der Waals surface area contributed by atoms with Crippen molar-refractivity contribution in [2.45, 2.75) is 96.1 Å². The summed E-state index contributed by atoms with van der Waals surface area (Å²) in [6.45, 7) is 22.1. The Hall–Kier alpha value is 0.612. The van der Waals surface area contributed by atoms with Gasteiger partial charge in [-0.3, -0.25) is 0 Å². The number of benzene rings is 1. The quantitative estimate of drug-likeness (QED) is 0.129. The molecule has 14 nitrogen and oxygen atoms in total. The summed E-state index contributed by atoms with van der Waals surface area (Å²) in [6.07, 6.45) is 2.03. The maximum absolute atomic E-state index is 7.25. The lowest BCUT2D eigenvalue weighted by molar-refractivity contribution is 0.114. The predicted octanol–water partition coefficient (Wildman–Crippen LogP) is 2.72. The SMILES string of the molecule is C[Si]1O[SiH](C)O[Si](C)(CCCOCC2CO2)O[Si](C)(O[Si](C)(O[Si]2(C)O[SiH](C)O[SiH](C)O[Si](C)(CCCOCC3CO3)O2)c2ccccc2)O1. The minimum Gasteiger partial charge on any atom is -0.420 e. The highest BCUT2D eigenvalue weighted by Crippen LogP contribution is 2.34. The average Bonchev–Trinajstić information content (AvgIpc) is 3.91. The van der Waals surface area contributed by atoms with Crippen LogP contribution in [0.15, 0.2) is 30.3 Å². The summed E-state index contributed by atoms with van der Waals surface area (Å²) in [5.74, 6) is 0. The van der Waals surface area contributed by atoms with Crippen LogP contribution < -0.4 is 5.19 Å². The molecule has 4 aliphatic rings. The fourth-order valence-electron chi connectivity index (χ4n) is 6.39. The van der Waals surface area contributed by atoms with Crippen molar-refractivity contribution in [3.63, 3.8) is 0 Å². The van der Waals surface area contributed by atoms with Crippen LogP contribution in [0.2, 0.25) is 71.0 Å². The largest absolute Gasteiger partial charge is 0.471 e. The Kier molecular flexibility index (Phi) is 15.1. The molecule has 0 aliphatic carbocycles. The van der Waals surface area contributed by atoms with E-state index in [1.165, 1.54) is 0 Å². The van der Waals surface area contributed by atoms with E-state index in [0.29, 0.717) is 38.5 Å². The van der Waals surface area contributed by atoms with E-state index >= 15 is 0 Å². The third-order valence-corrected chi connectivity index (χ3v) is 42.8. The van der Waals surface area contributed by atoms with Gasteiger partial charge < -0.3 is 60.1 Å². The molecular weight excluding hydrogens is 801 g/mol. The van der Waals surface area contributed by atoms with Gasteiger partial charge in [0.05, 0.1) is 26.4 Å². The first-order valence-electron chi connectivity index (χ1n) is 17.7. The highest BCUT2D eigenvalue weighted by atomic mass is 28.6. The van der Waals surface area contributed by atoms with Crippen LogP contribution in [0.3, 0.4) is 0 Å². The predicted molar refractivity (Wildman–Crippen MR) is 206 cm³/mol. The Morgan fingerprint density at radius 2 is 1.26 bits per heavy atom. The Labute approximate surface area is 310 Å². The van der Waals surface area contributed by atoms with Crippen LogP contribution in [0, 0.1) is 0 Å². The number of ether oxygens (including phenoxy) is 4. The maximum Gasteiger partial charge on any atom is 0.471 e. The van der Waals surface area contributed by atoms with Crippen molar-refractivity contribution in [3.05, 3.63) is 30.3 Å². The van der Waals surface area contributed by atoms with E-state index in [2.05, 4.69) is 13.1 Å². The Balaban J connectivity index is 1.37. The molecule has 4 heterocycles. The van der Waals surface area contributed by atoms with Gasteiger partial charge in [0.15, 0.2) is 0 Å². The van der Waals surface area contributed by atoms with Crippen molar-refractivity contribution in [2.24, 2.45) is 0 Å². The van der Waals surface area contributed by atoms with Crippen LogP contribution in [-0.2, 0) is 60.1 Å². The van der Waals surface area contributed by atoms with Crippen LogP contribution in [0.4, 0.5) is 0 Å². The second-order valence-corrected chi connectivity index (χ2v) is 38.7. The molecule has 10 atom stereocenters. The third kappa shape index (κ3) is 13.4. The maximum atomic E-state index is 7.25. The first-order valence-corrected chi connectivity index (χ1v) is 37.6. The Morgan fingerprint density at radius 1 is 0.760 bits per heavy atom. The van der Waals surface area contributed by atoms with Crippen molar-refractivity contribution in [1.29, 1.82) is 0 Å². The lowest BCUT2D eigenvalue weighted by Gasteiger charge is -2.47. The van der Waals surface area contributed by atoms with E-state index in [4.69, 9.17) is 60.1 Å². The molecule has 1 aromatic rings. The fourth-order valence-corrected chi connectivity index (χ4v) is 45.5. The zero-order valence-corrected chi connectivity index (χ0v) is 40.5. The molecule has 1 radical (unpaired) electrons. The molecule has 0 bridgehead atoms. The van der Waals surface area contributed by atoms with Gasteiger partial charge in [-0.1, -0.05) is 30.3 Å². The zero-order chi connectivity index (χ0) is 36.0. The number of rotatable bonds is 17. The fraction of sp³-hybridized carbons (Fsp3) is 0.778. The summed E-state index contributed by atoms with van der Waals surface area (Å²) < 4.78 is 90.4. The monoisotopic (exact) mass is 857 g/mol. The molecule has 285 valence electrons. The van der Waals surface area contributed by atoms with Crippen LogP contribution in [-0.4, -0.2) is 132 Å². The molecule has 0 N–H and O–H groups in total. The van der Waals surface area contributed by atoms with E-state index < -0.39 is 80.4 Å². The third-order valence-electron chi connectivity index (χ3n) is 8.37. The van der Waals surface area contributed by atoms with E-state index in [9.17, 15) is 0 Å². The van der Waals surface area contributed by atoms with E-state index in [0.717, 1.165) is 31.2 Å². The molecule has 0 amide bonds. The topological polar surface area (TPSA) is 136 Å². The van der Waals surface area contributed by atoms with Crippen molar-refractivity contribution < 1.29 is 60.1 Å². The number of hydrogen-bond acceptors (Lipinski definition) is 14. The summed E-state index contributed by atoms with van der Waals surface area (Å²) in [7, 11) is -23.9. The first-order chi connectivity index (χ1) is 23.6.